The maximum Gasteiger partial charge on any atom is 0.255 e. The van der Waals surface area contributed by atoms with E-state index in [0.717, 1.165) is 28.5 Å². The Labute approximate surface area is 183 Å². The molecule has 0 N–H and O–H groups in total. The van der Waals surface area contributed by atoms with Crippen molar-refractivity contribution < 1.29 is 17.9 Å². The van der Waals surface area contributed by atoms with Crippen LogP contribution in [0.2, 0.25) is 5.02 Å². The van der Waals surface area contributed by atoms with Crippen molar-refractivity contribution in [1.82, 2.24) is 9.21 Å². The molecule has 30 heavy (non-hydrogen) atoms. The average Bonchev–Trinajstić information content (AvgIpc) is 3.57. The maximum absolute atomic E-state index is 13.5. The minimum absolute atomic E-state index is 0.0183. The second kappa shape index (κ2) is 8.96. The minimum atomic E-state index is -3.68. The van der Waals surface area contributed by atoms with Gasteiger partial charge in [-0.3, -0.25) is 4.79 Å². The molecule has 2 aromatic carbocycles. The number of sulfonamides is 1. The van der Waals surface area contributed by atoms with E-state index in [0.29, 0.717) is 12.5 Å². The number of nitrogens with zero attached hydrogens (tertiary/aromatic N) is 2. The van der Waals surface area contributed by atoms with Crippen LogP contribution in [0.15, 0.2) is 47.4 Å². The van der Waals surface area contributed by atoms with E-state index >= 15 is 0 Å². The van der Waals surface area contributed by atoms with E-state index in [2.05, 4.69) is 0 Å². The Morgan fingerprint density at radius 2 is 1.80 bits per heavy atom. The standard InChI is InChI=1S/C22H27ClN2O4S/c1-15(17-7-8-17)25(14-16-5-9-18(29-4)10-6-16)22(26)20-13-19(11-12-21(20)23)30(27,28)24(2)3/h5-6,9-13,15,17H,7-8,14H2,1-4H3. The van der Waals surface area contributed by atoms with E-state index in [1.807, 2.05) is 31.2 Å². The molecule has 1 atom stereocenters. The lowest BCUT2D eigenvalue weighted by atomic mass is 10.1. The zero-order valence-electron chi connectivity index (χ0n) is 17.6. The maximum atomic E-state index is 13.5. The summed E-state index contributed by atoms with van der Waals surface area (Å²) < 4.78 is 31.4. The molecular formula is C22H27ClN2O4S. The van der Waals surface area contributed by atoms with Gasteiger partial charge < -0.3 is 9.64 Å². The van der Waals surface area contributed by atoms with Crippen molar-refractivity contribution in [1.29, 1.82) is 0 Å². The van der Waals surface area contributed by atoms with Crippen molar-refractivity contribution in [2.45, 2.75) is 37.2 Å². The van der Waals surface area contributed by atoms with Crippen LogP contribution in [-0.2, 0) is 16.6 Å². The fourth-order valence-electron chi connectivity index (χ4n) is 3.36. The number of hydrogen-bond donors (Lipinski definition) is 0. The smallest absolute Gasteiger partial charge is 0.255 e. The third kappa shape index (κ3) is 4.79. The Balaban J connectivity index is 1.96. The zero-order chi connectivity index (χ0) is 22.1. The van der Waals surface area contributed by atoms with Crippen molar-refractivity contribution in [3.63, 3.8) is 0 Å². The SMILES string of the molecule is COc1ccc(CN(C(=O)c2cc(S(=O)(=O)N(C)C)ccc2Cl)C(C)C2CC2)cc1. The molecule has 0 spiro atoms. The van der Waals surface area contributed by atoms with Crippen LogP contribution >= 0.6 is 11.6 Å². The average molecular weight is 451 g/mol. The largest absolute Gasteiger partial charge is 0.497 e. The first-order valence-electron chi connectivity index (χ1n) is 9.81. The van der Waals surface area contributed by atoms with Gasteiger partial charge in [0.1, 0.15) is 5.75 Å². The summed E-state index contributed by atoms with van der Waals surface area (Å²) >= 11 is 6.33. The van der Waals surface area contributed by atoms with E-state index in [4.69, 9.17) is 16.3 Å². The van der Waals surface area contributed by atoms with Gasteiger partial charge in [0.05, 0.1) is 22.6 Å². The number of amides is 1. The van der Waals surface area contributed by atoms with E-state index in [-0.39, 0.29) is 27.4 Å². The second-order valence-electron chi connectivity index (χ2n) is 7.79. The van der Waals surface area contributed by atoms with E-state index < -0.39 is 10.0 Å². The van der Waals surface area contributed by atoms with Crippen molar-refractivity contribution in [3.05, 3.63) is 58.6 Å². The Morgan fingerprint density at radius 3 is 2.33 bits per heavy atom. The molecule has 0 radical (unpaired) electrons. The first-order chi connectivity index (χ1) is 14.1. The van der Waals surface area contributed by atoms with Crippen LogP contribution < -0.4 is 4.74 Å². The van der Waals surface area contributed by atoms with Crippen LogP contribution in [0, 0.1) is 5.92 Å². The molecule has 2 aromatic rings. The van der Waals surface area contributed by atoms with Gasteiger partial charge in [-0.15, -0.1) is 0 Å². The molecule has 1 aliphatic carbocycles. The molecule has 1 amide bonds. The quantitative estimate of drug-likeness (QED) is 0.608. The molecule has 162 valence electrons. The highest BCUT2D eigenvalue weighted by molar-refractivity contribution is 7.89. The molecule has 0 aliphatic heterocycles. The molecule has 1 aliphatic rings. The highest BCUT2D eigenvalue weighted by atomic mass is 35.5. The van der Waals surface area contributed by atoms with Gasteiger partial charge in [-0.25, -0.2) is 12.7 Å². The van der Waals surface area contributed by atoms with Crippen molar-refractivity contribution in [2.24, 2.45) is 5.92 Å². The van der Waals surface area contributed by atoms with Crippen LogP contribution in [0.4, 0.5) is 0 Å². The van der Waals surface area contributed by atoms with Crippen LogP contribution in [0.1, 0.15) is 35.7 Å². The summed E-state index contributed by atoms with van der Waals surface area (Å²) in [5.41, 5.74) is 1.16. The first kappa shape index (κ1) is 22.6. The van der Waals surface area contributed by atoms with Crippen molar-refractivity contribution in [3.8, 4) is 5.75 Å². The summed E-state index contributed by atoms with van der Waals surface area (Å²) in [6.07, 6.45) is 2.16. The minimum Gasteiger partial charge on any atom is -0.497 e. The molecule has 0 aromatic heterocycles. The summed E-state index contributed by atoms with van der Waals surface area (Å²) in [6, 6.07) is 11.9. The molecule has 0 heterocycles. The molecule has 1 saturated carbocycles. The van der Waals surface area contributed by atoms with E-state index in [1.165, 1.54) is 32.3 Å². The summed E-state index contributed by atoms with van der Waals surface area (Å²) in [6.45, 7) is 2.44. The van der Waals surface area contributed by atoms with Crippen LogP contribution in [0.5, 0.6) is 5.75 Å². The molecule has 8 heteroatoms. The van der Waals surface area contributed by atoms with Gasteiger partial charge in [0.2, 0.25) is 10.0 Å². The predicted octanol–water partition coefficient (Wildman–Crippen LogP) is 4.04. The summed E-state index contributed by atoms with van der Waals surface area (Å²) in [7, 11) is 0.842. The molecule has 0 saturated heterocycles. The number of carbonyl (C=O) groups is 1. The fraction of sp³-hybridized carbons (Fsp3) is 0.409. The number of benzene rings is 2. The van der Waals surface area contributed by atoms with E-state index in [1.54, 1.807) is 12.0 Å². The molecule has 1 unspecified atom stereocenters. The van der Waals surface area contributed by atoms with Gasteiger partial charge in [-0.2, -0.15) is 0 Å². The number of halogens is 1. The fourth-order valence-corrected chi connectivity index (χ4v) is 4.48. The van der Waals surface area contributed by atoms with Crippen LogP contribution in [0.3, 0.4) is 0 Å². The van der Waals surface area contributed by atoms with Gasteiger partial charge in [0.25, 0.3) is 5.91 Å². The van der Waals surface area contributed by atoms with Gasteiger partial charge in [-0.1, -0.05) is 23.7 Å². The number of rotatable bonds is 8. The normalized spacial score (nSPS) is 15.1. The third-order valence-corrected chi connectivity index (χ3v) is 7.66. The summed E-state index contributed by atoms with van der Waals surface area (Å²) in [5.74, 6) is 0.919. The summed E-state index contributed by atoms with van der Waals surface area (Å²) in [5, 5.41) is 0.237. The van der Waals surface area contributed by atoms with Crippen LogP contribution in [-0.4, -0.2) is 50.8 Å². The Bertz CT molecular complexity index is 1020. The van der Waals surface area contributed by atoms with Gasteiger partial charge in [0, 0.05) is 26.7 Å². The molecule has 3 rings (SSSR count). The number of carbonyl (C=O) groups excluding carboxylic acids is 1. The Hall–Kier alpha value is -2.09. The zero-order valence-corrected chi connectivity index (χ0v) is 19.2. The van der Waals surface area contributed by atoms with E-state index in [9.17, 15) is 13.2 Å². The lowest BCUT2D eigenvalue weighted by Gasteiger charge is -2.30. The van der Waals surface area contributed by atoms with Gasteiger partial charge in [0.15, 0.2) is 0 Å². The molecule has 1 fully saturated rings. The lowest BCUT2D eigenvalue weighted by Crippen LogP contribution is -2.39. The van der Waals surface area contributed by atoms with Crippen molar-refractivity contribution in [2.75, 3.05) is 21.2 Å². The van der Waals surface area contributed by atoms with Gasteiger partial charge >= 0.3 is 0 Å². The second-order valence-corrected chi connectivity index (χ2v) is 10.3. The molecular weight excluding hydrogens is 424 g/mol. The number of hydrogen-bond acceptors (Lipinski definition) is 4. The van der Waals surface area contributed by atoms with Crippen LogP contribution in [0.25, 0.3) is 0 Å². The third-order valence-electron chi connectivity index (χ3n) is 5.52. The van der Waals surface area contributed by atoms with Gasteiger partial charge in [-0.05, 0) is 61.6 Å². The molecule has 6 nitrogen and oxygen atoms in total. The highest BCUT2D eigenvalue weighted by Gasteiger charge is 2.35. The first-order valence-corrected chi connectivity index (χ1v) is 11.6. The Kier molecular flexibility index (Phi) is 6.75. The number of ether oxygens (including phenoxy) is 1. The predicted molar refractivity (Wildman–Crippen MR) is 117 cm³/mol. The number of methoxy groups -OCH3 is 1. The Morgan fingerprint density at radius 1 is 1.17 bits per heavy atom. The van der Waals surface area contributed by atoms with Crippen molar-refractivity contribution >= 4 is 27.5 Å². The summed E-state index contributed by atoms with van der Waals surface area (Å²) in [4.78, 5) is 15.4. The monoisotopic (exact) mass is 450 g/mol. The topological polar surface area (TPSA) is 66.9 Å². The highest BCUT2D eigenvalue weighted by Crippen LogP contribution is 2.37. The lowest BCUT2D eigenvalue weighted by molar-refractivity contribution is 0.0654. The molecule has 0 bridgehead atoms.